The van der Waals surface area contributed by atoms with E-state index in [4.69, 9.17) is 22.1 Å². The lowest BCUT2D eigenvalue weighted by Gasteiger charge is -2.07. The van der Waals surface area contributed by atoms with Gasteiger partial charge >= 0.3 is 0 Å². The average Bonchev–Trinajstić information content (AvgIpc) is 2.46. The van der Waals surface area contributed by atoms with Crippen molar-refractivity contribution < 1.29 is 0 Å². The van der Waals surface area contributed by atoms with Gasteiger partial charge in [-0.15, -0.1) is 0 Å². The number of benzene rings is 1. The first-order valence-corrected chi connectivity index (χ1v) is 6.40. The molecule has 104 valence electrons. The second kappa shape index (κ2) is 6.51. The van der Waals surface area contributed by atoms with Gasteiger partial charge in [-0.05, 0) is 36.7 Å². The van der Waals surface area contributed by atoms with Crippen LogP contribution in [0.15, 0.2) is 18.2 Å². The van der Waals surface area contributed by atoms with Crippen LogP contribution in [0, 0.1) is 22.7 Å². The molecule has 0 aliphatic heterocycles. The molecular weight excluding hydrogens is 290 g/mol. The molecule has 8 heteroatoms. The zero-order valence-corrected chi connectivity index (χ0v) is 11.8. The van der Waals surface area contributed by atoms with Crippen LogP contribution in [-0.2, 0) is 0 Å². The maximum Gasteiger partial charge on any atom is 0.233 e. The lowest BCUT2D eigenvalue weighted by Crippen LogP contribution is -2.06. The fraction of sp³-hybridized carbons (Fsp3) is 0.154. The Morgan fingerprint density at radius 2 is 1.81 bits per heavy atom. The molecule has 2 rings (SSSR count). The summed E-state index contributed by atoms with van der Waals surface area (Å²) in [6.45, 7) is 2.56. The Morgan fingerprint density at radius 3 is 2.48 bits per heavy atom. The van der Waals surface area contributed by atoms with Crippen LogP contribution in [0.3, 0.4) is 0 Å². The molecule has 1 aromatic heterocycles. The van der Waals surface area contributed by atoms with Crippen molar-refractivity contribution in [3.63, 3.8) is 0 Å². The van der Waals surface area contributed by atoms with E-state index in [2.05, 4.69) is 25.6 Å². The van der Waals surface area contributed by atoms with Crippen LogP contribution in [0.1, 0.15) is 18.1 Å². The van der Waals surface area contributed by atoms with Gasteiger partial charge < -0.3 is 10.6 Å². The van der Waals surface area contributed by atoms with Crippen molar-refractivity contribution in [2.75, 3.05) is 17.2 Å². The van der Waals surface area contributed by atoms with Crippen molar-refractivity contribution in [3.8, 4) is 12.1 Å². The number of nitriles is 2. The molecule has 7 nitrogen and oxygen atoms in total. The van der Waals surface area contributed by atoms with Crippen LogP contribution in [-0.4, -0.2) is 21.5 Å². The molecule has 0 unspecified atom stereocenters. The van der Waals surface area contributed by atoms with Crippen LogP contribution < -0.4 is 10.6 Å². The number of nitrogens with zero attached hydrogens (tertiary/aromatic N) is 5. The molecule has 0 aliphatic carbocycles. The molecule has 1 aromatic carbocycles. The smallest absolute Gasteiger partial charge is 0.233 e. The van der Waals surface area contributed by atoms with E-state index in [1.165, 1.54) is 0 Å². The first-order chi connectivity index (χ1) is 10.2. The van der Waals surface area contributed by atoms with E-state index < -0.39 is 0 Å². The highest BCUT2D eigenvalue weighted by molar-refractivity contribution is 6.28. The molecule has 0 fully saturated rings. The highest BCUT2D eigenvalue weighted by Crippen LogP contribution is 2.19. The predicted molar refractivity (Wildman–Crippen MR) is 78.2 cm³/mol. The molecular formula is C13H10ClN7. The van der Waals surface area contributed by atoms with E-state index in [0.29, 0.717) is 23.7 Å². The van der Waals surface area contributed by atoms with Crippen molar-refractivity contribution in [1.29, 1.82) is 10.5 Å². The average molecular weight is 300 g/mol. The molecule has 0 spiro atoms. The van der Waals surface area contributed by atoms with Crippen LogP contribution >= 0.6 is 11.6 Å². The van der Waals surface area contributed by atoms with E-state index in [-0.39, 0.29) is 16.8 Å². The van der Waals surface area contributed by atoms with Gasteiger partial charge in [0.25, 0.3) is 0 Å². The Labute approximate surface area is 126 Å². The van der Waals surface area contributed by atoms with E-state index in [9.17, 15) is 0 Å². The summed E-state index contributed by atoms with van der Waals surface area (Å²) < 4.78 is 0. The number of aromatic nitrogens is 3. The van der Waals surface area contributed by atoms with Crippen LogP contribution in [0.4, 0.5) is 17.6 Å². The normalized spacial score (nSPS) is 9.52. The van der Waals surface area contributed by atoms with Crippen molar-refractivity contribution in [2.24, 2.45) is 0 Å². The van der Waals surface area contributed by atoms with Gasteiger partial charge in [-0.3, -0.25) is 0 Å². The van der Waals surface area contributed by atoms with E-state index in [1.54, 1.807) is 18.2 Å². The summed E-state index contributed by atoms with van der Waals surface area (Å²) in [5.41, 5.74) is 1.16. The Balaban J connectivity index is 2.30. The van der Waals surface area contributed by atoms with Crippen molar-refractivity contribution in [3.05, 3.63) is 34.6 Å². The molecule has 2 N–H and O–H groups in total. The second-order valence-electron chi connectivity index (χ2n) is 3.89. The van der Waals surface area contributed by atoms with Crippen molar-refractivity contribution >= 4 is 29.2 Å². The molecule has 0 aliphatic rings. The highest BCUT2D eigenvalue weighted by Gasteiger charge is 2.07. The largest absolute Gasteiger partial charge is 0.354 e. The molecule has 0 amide bonds. The minimum absolute atomic E-state index is 0.0533. The summed E-state index contributed by atoms with van der Waals surface area (Å²) >= 11 is 5.82. The SMILES string of the molecule is CCNc1nc(Cl)nc(Nc2ccc(C#N)c(C#N)c2)n1. The van der Waals surface area contributed by atoms with Gasteiger partial charge in [-0.25, -0.2) is 0 Å². The molecule has 1 heterocycles. The monoisotopic (exact) mass is 299 g/mol. The first kappa shape index (κ1) is 14.5. The molecule has 0 saturated heterocycles. The minimum atomic E-state index is 0.0533. The summed E-state index contributed by atoms with van der Waals surface area (Å²) in [4.78, 5) is 12.0. The van der Waals surface area contributed by atoms with Gasteiger partial charge in [-0.1, -0.05) is 0 Å². The van der Waals surface area contributed by atoms with Crippen molar-refractivity contribution in [1.82, 2.24) is 15.0 Å². The zero-order chi connectivity index (χ0) is 15.2. The number of halogens is 1. The van der Waals surface area contributed by atoms with Crippen LogP contribution in [0.2, 0.25) is 5.28 Å². The van der Waals surface area contributed by atoms with Crippen molar-refractivity contribution in [2.45, 2.75) is 6.92 Å². The Morgan fingerprint density at radius 1 is 1.10 bits per heavy atom. The van der Waals surface area contributed by atoms with E-state index in [1.807, 2.05) is 19.1 Å². The zero-order valence-electron chi connectivity index (χ0n) is 11.1. The predicted octanol–water partition coefficient (Wildman–Crippen LogP) is 2.44. The summed E-state index contributed by atoms with van der Waals surface area (Å²) in [6, 6.07) is 8.66. The van der Waals surface area contributed by atoms with Gasteiger partial charge in [0.15, 0.2) is 0 Å². The number of rotatable bonds is 4. The quantitative estimate of drug-likeness (QED) is 0.892. The molecule has 21 heavy (non-hydrogen) atoms. The maximum absolute atomic E-state index is 9.00. The third kappa shape index (κ3) is 3.56. The summed E-state index contributed by atoms with van der Waals surface area (Å²) in [5.74, 6) is 0.605. The molecule has 0 atom stereocenters. The number of hydrogen-bond donors (Lipinski definition) is 2. The third-order valence-electron chi connectivity index (χ3n) is 2.46. The fourth-order valence-corrected chi connectivity index (χ4v) is 1.74. The van der Waals surface area contributed by atoms with E-state index >= 15 is 0 Å². The Hall–Kier alpha value is -2.90. The molecule has 0 saturated carbocycles. The lowest BCUT2D eigenvalue weighted by atomic mass is 10.1. The van der Waals surface area contributed by atoms with Gasteiger partial charge in [-0.2, -0.15) is 25.5 Å². The highest BCUT2D eigenvalue weighted by atomic mass is 35.5. The van der Waals surface area contributed by atoms with Crippen LogP contribution in [0.25, 0.3) is 0 Å². The van der Waals surface area contributed by atoms with Gasteiger partial charge in [0.05, 0.1) is 11.1 Å². The Bertz CT molecular complexity index is 745. The number of hydrogen-bond acceptors (Lipinski definition) is 7. The number of nitrogens with one attached hydrogen (secondary N) is 2. The summed E-state index contributed by atoms with van der Waals surface area (Å²) in [7, 11) is 0. The molecule has 0 bridgehead atoms. The number of anilines is 3. The molecule has 2 aromatic rings. The second-order valence-corrected chi connectivity index (χ2v) is 4.23. The minimum Gasteiger partial charge on any atom is -0.354 e. The van der Waals surface area contributed by atoms with Gasteiger partial charge in [0, 0.05) is 12.2 Å². The first-order valence-electron chi connectivity index (χ1n) is 6.03. The molecule has 0 radical (unpaired) electrons. The third-order valence-corrected chi connectivity index (χ3v) is 2.63. The fourth-order valence-electron chi connectivity index (χ4n) is 1.58. The summed E-state index contributed by atoms with van der Waals surface area (Å²) in [6.07, 6.45) is 0. The standard InChI is InChI=1S/C13H10ClN7/c1-2-17-12-19-11(14)20-13(21-12)18-10-4-3-8(6-15)9(5-10)7-16/h3-5H,2H2,1H3,(H2,17,18,19,20,21). The van der Waals surface area contributed by atoms with Crippen LogP contribution in [0.5, 0.6) is 0 Å². The lowest BCUT2D eigenvalue weighted by molar-refractivity contribution is 1.02. The maximum atomic E-state index is 9.00. The summed E-state index contributed by atoms with van der Waals surface area (Å²) in [5, 5.41) is 23.8. The topological polar surface area (TPSA) is 110 Å². The van der Waals surface area contributed by atoms with E-state index in [0.717, 1.165) is 0 Å². The Kier molecular flexibility index (Phi) is 4.50. The van der Waals surface area contributed by atoms with Gasteiger partial charge in [0.1, 0.15) is 12.1 Å². The van der Waals surface area contributed by atoms with Gasteiger partial charge in [0.2, 0.25) is 17.2 Å².